The summed E-state index contributed by atoms with van der Waals surface area (Å²) in [4.78, 5) is 23.9. The van der Waals surface area contributed by atoms with Gasteiger partial charge in [-0.05, 0) is 31.5 Å². The topological polar surface area (TPSA) is 85.3 Å². The van der Waals surface area contributed by atoms with Gasteiger partial charge in [0.15, 0.2) is 5.78 Å². The molecule has 3 aromatic rings. The fourth-order valence-corrected chi connectivity index (χ4v) is 3.22. The summed E-state index contributed by atoms with van der Waals surface area (Å²) >= 11 is 0. The number of aliphatic carboxylic acids is 1. The van der Waals surface area contributed by atoms with Crippen LogP contribution in [0.2, 0.25) is 0 Å². The van der Waals surface area contributed by atoms with E-state index in [0.29, 0.717) is 29.8 Å². The van der Waals surface area contributed by atoms with Crippen molar-refractivity contribution in [3.8, 4) is 0 Å². The van der Waals surface area contributed by atoms with Gasteiger partial charge in [-0.1, -0.05) is 30.3 Å². The van der Waals surface area contributed by atoms with Gasteiger partial charge in [0.25, 0.3) is 0 Å². The number of carbonyl (C=O) groups is 2. The highest BCUT2D eigenvalue weighted by Gasteiger charge is 2.21. The highest BCUT2D eigenvalue weighted by atomic mass is 16.4. The van der Waals surface area contributed by atoms with E-state index in [1.807, 2.05) is 35.8 Å². The summed E-state index contributed by atoms with van der Waals surface area (Å²) in [5, 5.41) is 9.74. The molecule has 0 spiro atoms. The number of para-hydroxylation sites is 1. The molecule has 1 heterocycles. The van der Waals surface area contributed by atoms with Crippen LogP contribution < -0.4 is 5.73 Å². The number of fused-ring (bicyclic) bond motifs is 1. The number of carboxylic acid groups (broad SMARTS) is 1. The van der Waals surface area contributed by atoms with Gasteiger partial charge in [0.2, 0.25) is 0 Å². The molecule has 0 atom stereocenters. The number of hydrogen-bond donors (Lipinski definition) is 2. The maximum atomic E-state index is 13.1. The van der Waals surface area contributed by atoms with Crippen LogP contribution >= 0.6 is 0 Å². The Kier molecular flexibility index (Phi) is 4.57. The summed E-state index contributed by atoms with van der Waals surface area (Å²) in [6.07, 6.45) is 0.616. The molecule has 128 valence electrons. The number of nitrogens with zero attached hydrogens (tertiary/aromatic N) is 1. The number of aryl methyl sites for hydroxylation is 1. The van der Waals surface area contributed by atoms with Gasteiger partial charge in [0.05, 0.1) is 5.56 Å². The lowest BCUT2D eigenvalue weighted by atomic mass is 10.00. The smallest absolute Gasteiger partial charge is 0.303 e. The van der Waals surface area contributed by atoms with Crippen LogP contribution in [-0.2, 0) is 11.3 Å². The van der Waals surface area contributed by atoms with Crippen LogP contribution in [0.25, 0.3) is 10.9 Å². The monoisotopic (exact) mass is 336 g/mol. The quantitative estimate of drug-likeness (QED) is 0.532. The first-order valence-corrected chi connectivity index (χ1v) is 8.19. The van der Waals surface area contributed by atoms with Crippen LogP contribution in [0.15, 0.2) is 48.5 Å². The van der Waals surface area contributed by atoms with E-state index in [-0.39, 0.29) is 12.2 Å². The second-order valence-electron chi connectivity index (χ2n) is 6.08. The zero-order chi connectivity index (χ0) is 18.0. The van der Waals surface area contributed by atoms with Gasteiger partial charge < -0.3 is 15.4 Å². The van der Waals surface area contributed by atoms with Crippen LogP contribution in [0.3, 0.4) is 0 Å². The Bertz CT molecular complexity index is 957. The molecular formula is C20H20N2O3. The summed E-state index contributed by atoms with van der Waals surface area (Å²) in [6, 6.07) is 14.7. The van der Waals surface area contributed by atoms with Crippen LogP contribution in [-0.4, -0.2) is 21.4 Å². The third-order valence-corrected chi connectivity index (χ3v) is 4.38. The molecule has 0 aliphatic carbocycles. The summed E-state index contributed by atoms with van der Waals surface area (Å²) in [5.74, 6) is -0.886. The van der Waals surface area contributed by atoms with Gasteiger partial charge in [-0.15, -0.1) is 0 Å². The van der Waals surface area contributed by atoms with Crippen molar-refractivity contribution < 1.29 is 14.7 Å². The molecule has 0 saturated heterocycles. The molecule has 0 radical (unpaired) electrons. The van der Waals surface area contributed by atoms with Crippen molar-refractivity contribution in [2.75, 3.05) is 5.73 Å². The van der Waals surface area contributed by atoms with Crippen LogP contribution in [0.1, 0.15) is 34.5 Å². The van der Waals surface area contributed by atoms with Crippen molar-refractivity contribution in [1.29, 1.82) is 0 Å². The van der Waals surface area contributed by atoms with Crippen LogP contribution in [0.4, 0.5) is 5.69 Å². The zero-order valence-electron chi connectivity index (χ0n) is 14.0. The number of benzene rings is 2. The SMILES string of the molecule is Cc1c(C(=O)c2cccc(N)c2)c2ccccc2n1CCCC(=O)O. The van der Waals surface area contributed by atoms with Crippen molar-refractivity contribution >= 4 is 28.3 Å². The predicted octanol–water partition coefficient (Wildman–Crippen LogP) is 3.63. The van der Waals surface area contributed by atoms with E-state index in [9.17, 15) is 9.59 Å². The largest absolute Gasteiger partial charge is 0.481 e. The molecule has 5 heteroatoms. The lowest BCUT2D eigenvalue weighted by Gasteiger charge is -2.08. The molecular weight excluding hydrogens is 316 g/mol. The Morgan fingerprint density at radius 1 is 1.12 bits per heavy atom. The average Bonchev–Trinajstić information content (AvgIpc) is 2.86. The average molecular weight is 336 g/mol. The molecule has 0 amide bonds. The minimum Gasteiger partial charge on any atom is -0.481 e. The lowest BCUT2D eigenvalue weighted by Crippen LogP contribution is -2.07. The fraction of sp³-hybridized carbons (Fsp3) is 0.200. The standard InChI is InChI=1S/C20H20N2O3/c1-13-19(20(25)14-6-4-7-15(21)12-14)16-8-2-3-9-17(16)22(13)11-5-10-18(23)24/h2-4,6-9,12H,5,10-11,21H2,1H3,(H,23,24). The number of aromatic nitrogens is 1. The van der Waals surface area contributed by atoms with E-state index in [0.717, 1.165) is 16.6 Å². The third-order valence-electron chi connectivity index (χ3n) is 4.38. The predicted molar refractivity (Wildman–Crippen MR) is 97.8 cm³/mol. The van der Waals surface area contributed by atoms with Gasteiger partial charge >= 0.3 is 5.97 Å². The van der Waals surface area contributed by atoms with E-state index in [1.54, 1.807) is 24.3 Å². The van der Waals surface area contributed by atoms with Crippen molar-refractivity contribution in [1.82, 2.24) is 4.57 Å². The van der Waals surface area contributed by atoms with Crippen molar-refractivity contribution in [2.45, 2.75) is 26.3 Å². The molecule has 3 rings (SSSR count). The Balaban J connectivity index is 2.07. The molecule has 0 fully saturated rings. The molecule has 0 saturated carbocycles. The fourth-order valence-electron chi connectivity index (χ4n) is 3.22. The third kappa shape index (κ3) is 3.26. The minimum absolute atomic E-state index is 0.0713. The molecule has 0 aliphatic rings. The van der Waals surface area contributed by atoms with Crippen LogP contribution in [0.5, 0.6) is 0 Å². The Morgan fingerprint density at radius 3 is 2.60 bits per heavy atom. The van der Waals surface area contributed by atoms with E-state index in [2.05, 4.69) is 0 Å². The van der Waals surface area contributed by atoms with Crippen LogP contribution in [0, 0.1) is 6.92 Å². The van der Waals surface area contributed by atoms with Gasteiger partial charge in [-0.2, -0.15) is 0 Å². The van der Waals surface area contributed by atoms with Gasteiger partial charge in [0, 0.05) is 40.8 Å². The Morgan fingerprint density at radius 2 is 1.88 bits per heavy atom. The second kappa shape index (κ2) is 6.81. The van der Waals surface area contributed by atoms with Crippen molar-refractivity contribution in [3.63, 3.8) is 0 Å². The molecule has 2 aromatic carbocycles. The number of ketones is 1. The molecule has 5 nitrogen and oxygen atoms in total. The Labute approximate surface area is 145 Å². The minimum atomic E-state index is -0.815. The number of rotatable bonds is 6. The van der Waals surface area contributed by atoms with Gasteiger partial charge in [-0.3, -0.25) is 9.59 Å². The molecule has 1 aromatic heterocycles. The normalized spacial score (nSPS) is 10.9. The Hall–Kier alpha value is -3.08. The molecule has 0 bridgehead atoms. The van der Waals surface area contributed by atoms with Gasteiger partial charge in [-0.25, -0.2) is 0 Å². The number of carbonyl (C=O) groups excluding carboxylic acids is 1. The summed E-state index contributed by atoms with van der Waals surface area (Å²) < 4.78 is 2.03. The number of carboxylic acids is 1. The number of hydrogen-bond acceptors (Lipinski definition) is 3. The summed E-state index contributed by atoms with van der Waals surface area (Å²) in [7, 11) is 0. The van der Waals surface area contributed by atoms with Crippen molar-refractivity contribution in [3.05, 3.63) is 65.4 Å². The molecule has 0 aliphatic heterocycles. The molecule has 3 N–H and O–H groups in total. The van der Waals surface area contributed by atoms with E-state index >= 15 is 0 Å². The first-order valence-electron chi connectivity index (χ1n) is 8.19. The number of anilines is 1. The van der Waals surface area contributed by atoms with Crippen molar-refractivity contribution in [2.24, 2.45) is 0 Å². The first-order chi connectivity index (χ1) is 12.0. The first kappa shape index (κ1) is 16.8. The number of nitrogen functional groups attached to an aromatic ring is 1. The summed E-state index contributed by atoms with van der Waals surface area (Å²) in [5.41, 5.74) is 9.35. The maximum absolute atomic E-state index is 13.1. The lowest BCUT2D eigenvalue weighted by molar-refractivity contribution is -0.137. The highest BCUT2D eigenvalue weighted by Crippen LogP contribution is 2.29. The molecule has 0 unspecified atom stereocenters. The van der Waals surface area contributed by atoms with E-state index in [4.69, 9.17) is 10.8 Å². The maximum Gasteiger partial charge on any atom is 0.303 e. The second-order valence-corrected chi connectivity index (χ2v) is 6.08. The van der Waals surface area contributed by atoms with E-state index < -0.39 is 5.97 Å². The molecule has 25 heavy (non-hydrogen) atoms. The highest BCUT2D eigenvalue weighted by molar-refractivity contribution is 6.17. The zero-order valence-corrected chi connectivity index (χ0v) is 14.0. The van der Waals surface area contributed by atoms with Gasteiger partial charge in [0.1, 0.15) is 0 Å². The summed E-state index contributed by atoms with van der Waals surface area (Å²) in [6.45, 7) is 2.46. The van der Waals surface area contributed by atoms with E-state index in [1.165, 1.54) is 0 Å². The number of nitrogens with two attached hydrogens (primary N) is 1.